The third kappa shape index (κ3) is 8.79. The van der Waals surface area contributed by atoms with Crippen LogP contribution in [0.3, 0.4) is 0 Å². The summed E-state index contributed by atoms with van der Waals surface area (Å²) in [4.78, 5) is 47.7. The second-order valence-electron chi connectivity index (χ2n) is 8.11. The van der Waals surface area contributed by atoms with Crippen LogP contribution in [0.15, 0.2) is 59.5 Å². The Bertz CT molecular complexity index is 1510. The lowest BCUT2D eigenvalue weighted by Gasteiger charge is -2.15. The number of halogens is 1. The van der Waals surface area contributed by atoms with Crippen molar-refractivity contribution in [2.75, 3.05) is 5.75 Å². The molecule has 1 atom stereocenters. The predicted molar refractivity (Wildman–Crippen MR) is 149 cm³/mol. The van der Waals surface area contributed by atoms with E-state index in [9.17, 15) is 37.8 Å². The molecule has 0 bridgehead atoms. The number of phenols is 1. The molecule has 0 aliphatic carbocycles. The van der Waals surface area contributed by atoms with Crippen molar-refractivity contribution in [1.29, 1.82) is 0 Å². The number of nitrogens with one attached hydrogen (secondary N) is 2. The van der Waals surface area contributed by atoms with Crippen molar-refractivity contribution < 1.29 is 42.5 Å². The normalized spacial score (nSPS) is 11.9. The lowest BCUT2D eigenvalue weighted by molar-refractivity contribution is -0.139. The van der Waals surface area contributed by atoms with Crippen LogP contribution in [0.25, 0.3) is 0 Å². The molecule has 4 N–H and O–H groups in total. The van der Waals surface area contributed by atoms with E-state index in [4.69, 9.17) is 11.6 Å². The van der Waals surface area contributed by atoms with Crippen molar-refractivity contribution in [2.24, 2.45) is 0 Å². The molecule has 3 aromatic rings. The average molecular weight is 627 g/mol. The molecule has 1 heterocycles. The first-order valence-corrected chi connectivity index (χ1v) is 15.2. The minimum Gasteiger partial charge on any atom is -0.504 e. The Kier molecular flexibility index (Phi) is 11.1. The number of carboxylic acid groups (broad SMARTS) is 1. The SMILES string of the molecule is O=COc1cc(S(=O)(=O)NCc2ccc(C(=O)N[C@@H](CC(=O)O)C(=O)CSCc3ccccc3Cl)s2)ccc1O. The number of thioether (sulfide) groups is 1. The van der Waals surface area contributed by atoms with Gasteiger partial charge in [0.15, 0.2) is 17.3 Å². The van der Waals surface area contributed by atoms with E-state index in [1.54, 1.807) is 12.1 Å². The third-order valence-electron chi connectivity index (χ3n) is 5.27. The van der Waals surface area contributed by atoms with E-state index in [1.807, 2.05) is 12.1 Å². The Morgan fingerprint density at radius 1 is 1.12 bits per heavy atom. The van der Waals surface area contributed by atoms with Crippen molar-refractivity contribution in [3.05, 3.63) is 74.9 Å². The van der Waals surface area contributed by atoms with Gasteiger partial charge < -0.3 is 20.3 Å². The monoisotopic (exact) mass is 626 g/mol. The summed E-state index contributed by atoms with van der Waals surface area (Å²) < 4.78 is 32.1. The largest absolute Gasteiger partial charge is 0.504 e. The number of carbonyl (C=O) groups excluding carboxylic acids is 3. The standard InChI is InChI=1S/C25H23ClN2O9S3/c26-18-4-2-1-3-15(18)12-38-13-21(31)19(10-24(32)33)28-25(34)23-8-5-16(39-23)11-27-40(35,36)17-6-7-20(30)22(9-17)37-14-29/h1-9,14,19,27,30H,10-13H2,(H,28,34)(H,32,33)/t19-/m0/s1. The summed E-state index contributed by atoms with van der Waals surface area (Å²) in [5, 5.41) is 21.9. The molecule has 0 aliphatic rings. The maximum atomic E-state index is 12.8. The summed E-state index contributed by atoms with van der Waals surface area (Å²) in [5.41, 5.74) is 0.822. The first-order valence-electron chi connectivity index (χ1n) is 11.4. The molecule has 212 valence electrons. The molecule has 0 unspecified atom stereocenters. The highest BCUT2D eigenvalue weighted by Gasteiger charge is 2.25. The average Bonchev–Trinajstić information content (AvgIpc) is 3.39. The number of thiophene rings is 1. The van der Waals surface area contributed by atoms with Gasteiger partial charge in [-0.05, 0) is 35.9 Å². The quantitative estimate of drug-likeness (QED) is 0.183. The summed E-state index contributed by atoms with van der Waals surface area (Å²) in [6, 6.07) is 12.0. The molecular formula is C25H23ClN2O9S3. The predicted octanol–water partition coefficient (Wildman–Crippen LogP) is 3.20. The Morgan fingerprint density at radius 2 is 1.88 bits per heavy atom. The molecule has 11 nitrogen and oxygen atoms in total. The van der Waals surface area contributed by atoms with Crippen LogP contribution in [0.1, 0.15) is 26.5 Å². The molecular weight excluding hydrogens is 604 g/mol. The molecule has 0 saturated heterocycles. The summed E-state index contributed by atoms with van der Waals surface area (Å²) in [7, 11) is -4.07. The van der Waals surface area contributed by atoms with Gasteiger partial charge in [0, 0.05) is 28.3 Å². The van der Waals surface area contributed by atoms with Gasteiger partial charge >= 0.3 is 5.97 Å². The number of rotatable bonds is 15. The van der Waals surface area contributed by atoms with Gasteiger partial charge in [0.25, 0.3) is 12.4 Å². The second kappa shape index (κ2) is 14.3. The number of hydrogen-bond acceptors (Lipinski definition) is 10. The number of carbonyl (C=O) groups is 4. The molecule has 0 spiro atoms. The summed E-state index contributed by atoms with van der Waals surface area (Å²) >= 11 is 8.31. The zero-order valence-electron chi connectivity index (χ0n) is 20.5. The Hall–Kier alpha value is -3.43. The number of carboxylic acids is 1. The highest BCUT2D eigenvalue weighted by molar-refractivity contribution is 7.99. The van der Waals surface area contributed by atoms with E-state index in [0.29, 0.717) is 15.7 Å². The lowest BCUT2D eigenvalue weighted by atomic mass is 10.1. The van der Waals surface area contributed by atoms with Crippen LogP contribution >= 0.6 is 34.7 Å². The zero-order valence-corrected chi connectivity index (χ0v) is 23.7. The van der Waals surface area contributed by atoms with Gasteiger partial charge in [-0.3, -0.25) is 19.2 Å². The van der Waals surface area contributed by atoms with Gasteiger partial charge in [-0.15, -0.1) is 23.1 Å². The Morgan fingerprint density at radius 3 is 2.58 bits per heavy atom. The van der Waals surface area contributed by atoms with Gasteiger partial charge in [0.1, 0.15) is 0 Å². The molecule has 0 aliphatic heterocycles. The maximum absolute atomic E-state index is 12.8. The van der Waals surface area contributed by atoms with E-state index in [0.717, 1.165) is 35.1 Å². The number of sulfonamides is 1. The van der Waals surface area contributed by atoms with Crippen molar-refractivity contribution in [3.63, 3.8) is 0 Å². The first-order chi connectivity index (χ1) is 19.0. The van der Waals surface area contributed by atoms with Crippen LogP contribution < -0.4 is 14.8 Å². The maximum Gasteiger partial charge on any atom is 0.305 e. The topological polar surface area (TPSA) is 176 Å². The van der Waals surface area contributed by atoms with Gasteiger partial charge in [0.2, 0.25) is 10.0 Å². The number of ether oxygens (including phenoxy) is 1. The first kappa shape index (κ1) is 31.1. The van der Waals surface area contributed by atoms with Gasteiger partial charge in [-0.1, -0.05) is 29.8 Å². The van der Waals surface area contributed by atoms with Crippen molar-refractivity contribution in [3.8, 4) is 11.5 Å². The molecule has 0 fully saturated rings. The van der Waals surface area contributed by atoms with Crippen molar-refractivity contribution in [2.45, 2.75) is 29.7 Å². The van der Waals surface area contributed by atoms with E-state index in [2.05, 4.69) is 14.8 Å². The zero-order chi connectivity index (χ0) is 29.3. The molecule has 1 aromatic heterocycles. The van der Waals surface area contributed by atoms with Gasteiger partial charge in [-0.2, -0.15) is 0 Å². The fourth-order valence-electron chi connectivity index (χ4n) is 3.28. The molecule has 0 radical (unpaired) electrons. The van der Waals surface area contributed by atoms with E-state index < -0.39 is 45.9 Å². The van der Waals surface area contributed by atoms with Gasteiger partial charge in [0.05, 0.1) is 28.0 Å². The van der Waals surface area contributed by atoms with Crippen LogP contribution in [0.5, 0.6) is 11.5 Å². The Labute approximate surface area is 242 Å². The molecule has 40 heavy (non-hydrogen) atoms. The minimum absolute atomic E-state index is 0.0439. The van der Waals surface area contributed by atoms with E-state index >= 15 is 0 Å². The van der Waals surface area contributed by atoms with Crippen LogP contribution in [0.4, 0.5) is 0 Å². The molecule has 15 heteroatoms. The molecule has 0 saturated carbocycles. The summed E-state index contributed by atoms with van der Waals surface area (Å²) in [6.07, 6.45) is -0.600. The smallest absolute Gasteiger partial charge is 0.305 e. The van der Waals surface area contributed by atoms with Crippen molar-refractivity contribution in [1.82, 2.24) is 10.0 Å². The number of benzene rings is 2. The fraction of sp³-hybridized carbons (Fsp3) is 0.200. The second-order valence-corrected chi connectivity index (χ2v) is 12.4. The number of aliphatic carboxylic acids is 1. The third-order valence-corrected chi connectivity index (χ3v) is 9.13. The van der Waals surface area contributed by atoms with Crippen molar-refractivity contribution >= 4 is 68.9 Å². The van der Waals surface area contributed by atoms with E-state index in [1.165, 1.54) is 23.9 Å². The number of aromatic hydroxyl groups is 1. The van der Waals surface area contributed by atoms with Crippen LogP contribution in [-0.4, -0.2) is 54.6 Å². The summed E-state index contributed by atoms with van der Waals surface area (Å²) in [5.74, 6) is -2.77. The Balaban J connectivity index is 1.60. The van der Waals surface area contributed by atoms with Crippen LogP contribution in [0.2, 0.25) is 5.02 Å². The number of Topliss-reactive ketones (excluding diaryl/α,β-unsaturated/α-hetero) is 1. The number of amides is 1. The number of phenolic OH excluding ortho intramolecular Hbond substituents is 1. The fourth-order valence-corrected chi connectivity index (χ4v) is 6.50. The van der Waals surface area contributed by atoms with Crippen LogP contribution in [-0.2, 0) is 36.7 Å². The van der Waals surface area contributed by atoms with Crippen LogP contribution in [0, 0.1) is 0 Å². The van der Waals surface area contributed by atoms with E-state index in [-0.39, 0.29) is 34.3 Å². The minimum atomic E-state index is -4.07. The number of hydrogen-bond donors (Lipinski definition) is 4. The lowest BCUT2D eigenvalue weighted by Crippen LogP contribution is -2.43. The molecule has 1 amide bonds. The molecule has 3 rings (SSSR count). The highest BCUT2D eigenvalue weighted by atomic mass is 35.5. The number of ketones is 1. The van der Waals surface area contributed by atoms with Gasteiger partial charge in [-0.25, -0.2) is 13.1 Å². The highest BCUT2D eigenvalue weighted by Crippen LogP contribution is 2.28. The summed E-state index contributed by atoms with van der Waals surface area (Å²) in [6.45, 7) is -0.146. The molecule has 2 aromatic carbocycles.